The van der Waals surface area contributed by atoms with E-state index in [1.54, 1.807) is 0 Å². The van der Waals surface area contributed by atoms with Gasteiger partial charge in [0.2, 0.25) is 5.91 Å². The molecule has 0 bridgehead atoms. The molecule has 1 N–H and O–H groups in total. The first-order valence-corrected chi connectivity index (χ1v) is 9.39. The molecule has 25 heavy (non-hydrogen) atoms. The average Bonchev–Trinajstić information content (AvgIpc) is 2.64. The van der Waals surface area contributed by atoms with Crippen LogP contribution in [-0.2, 0) is 24.3 Å². The van der Waals surface area contributed by atoms with E-state index in [-0.39, 0.29) is 5.91 Å². The maximum atomic E-state index is 12.1. The zero-order valence-electron chi connectivity index (χ0n) is 14.5. The third-order valence-electron chi connectivity index (χ3n) is 4.68. The highest BCUT2D eigenvalue weighted by Crippen LogP contribution is 2.16. The Bertz CT molecular complexity index is 693. The van der Waals surface area contributed by atoms with E-state index in [2.05, 4.69) is 34.5 Å². The normalized spacial score (nSPS) is 15.1. The Labute approximate surface area is 155 Å². The molecular formula is C21H25ClN2O. The fourth-order valence-electron chi connectivity index (χ4n) is 3.22. The van der Waals surface area contributed by atoms with Gasteiger partial charge in [-0.25, -0.2) is 0 Å². The van der Waals surface area contributed by atoms with Crippen molar-refractivity contribution in [3.8, 4) is 0 Å². The quantitative estimate of drug-likeness (QED) is 0.841. The van der Waals surface area contributed by atoms with E-state index < -0.39 is 0 Å². The van der Waals surface area contributed by atoms with Crippen LogP contribution in [0.15, 0.2) is 48.5 Å². The maximum absolute atomic E-state index is 12.1. The van der Waals surface area contributed by atoms with Crippen LogP contribution in [0.2, 0.25) is 5.02 Å². The molecule has 0 atom stereocenters. The number of amides is 1. The lowest BCUT2D eigenvalue weighted by molar-refractivity contribution is -0.120. The third-order valence-corrected chi connectivity index (χ3v) is 5.05. The van der Waals surface area contributed by atoms with Crippen molar-refractivity contribution in [2.75, 3.05) is 13.1 Å². The van der Waals surface area contributed by atoms with E-state index in [4.69, 9.17) is 11.6 Å². The molecule has 0 unspecified atom stereocenters. The Morgan fingerprint density at radius 3 is 2.36 bits per heavy atom. The van der Waals surface area contributed by atoms with E-state index in [0.717, 1.165) is 17.7 Å². The van der Waals surface area contributed by atoms with Crippen molar-refractivity contribution < 1.29 is 4.79 Å². The Hall–Kier alpha value is -1.84. The van der Waals surface area contributed by atoms with E-state index in [1.165, 1.54) is 37.9 Å². The number of halogens is 1. The van der Waals surface area contributed by atoms with Gasteiger partial charge in [0.25, 0.3) is 0 Å². The van der Waals surface area contributed by atoms with E-state index in [0.29, 0.717) is 18.0 Å². The minimum atomic E-state index is -0.00880. The first-order valence-electron chi connectivity index (χ1n) is 9.01. The molecule has 0 spiro atoms. The van der Waals surface area contributed by atoms with Crippen molar-refractivity contribution in [2.24, 2.45) is 0 Å². The van der Waals surface area contributed by atoms with Gasteiger partial charge in [0, 0.05) is 18.1 Å². The van der Waals surface area contributed by atoms with Crippen molar-refractivity contribution >= 4 is 17.5 Å². The first kappa shape index (κ1) is 18.0. The molecule has 2 aromatic carbocycles. The summed E-state index contributed by atoms with van der Waals surface area (Å²) in [6, 6.07) is 16.0. The van der Waals surface area contributed by atoms with Crippen LogP contribution >= 0.6 is 11.6 Å². The Morgan fingerprint density at radius 2 is 1.64 bits per heavy atom. The molecule has 1 saturated heterocycles. The van der Waals surface area contributed by atoms with Crippen molar-refractivity contribution in [1.29, 1.82) is 0 Å². The van der Waals surface area contributed by atoms with Crippen LogP contribution in [0.5, 0.6) is 0 Å². The van der Waals surface area contributed by atoms with Crippen LogP contribution in [0.1, 0.15) is 36.0 Å². The second-order valence-electron chi connectivity index (χ2n) is 6.70. The number of likely N-dealkylation sites (tertiary alicyclic amines) is 1. The minimum Gasteiger partial charge on any atom is -0.352 e. The highest BCUT2D eigenvalue weighted by atomic mass is 35.5. The molecule has 132 valence electrons. The summed E-state index contributed by atoms with van der Waals surface area (Å²) in [5, 5.41) is 3.61. The summed E-state index contributed by atoms with van der Waals surface area (Å²) < 4.78 is 0. The van der Waals surface area contributed by atoms with Crippen molar-refractivity contribution in [3.63, 3.8) is 0 Å². The molecule has 1 amide bonds. The number of nitrogens with one attached hydrogen (secondary N) is 1. The molecule has 1 aliphatic rings. The molecule has 0 saturated carbocycles. The van der Waals surface area contributed by atoms with Gasteiger partial charge in [-0.3, -0.25) is 9.69 Å². The average molecular weight is 357 g/mol. The summed E-state index contributed by atoms with van der Waals surface area (Å²) >= 11 is 6.10. The monoisotopic (exact) mass is 356 g/mol. The predicted octanol–water partition coefficient (Wildman–Crippen LogP) is 4.18. The lowest BCUT2D eigenvalue weighted by atomic mass is 10.1. The lowest BCUT2D eigenvalue weighted by Gasteiger charge is -2.26. The molecule has 0 aliphatic carbocycles. The van der Waals surface area contributed by atoms with Crippen LogP contribution < -0.4 is 5.32 Å². The SMILES string of the molecule is O=C(Cc1ccccc1Cl)NCc1ccc(CN2CCCCC2)cc1. The number of benzene rings is 2. The second kappa shape index (κ2) is 9.02. The minimum absolute atomic E-state index is 0.00880. The summed E-state index contributed by atoms with van der Waals surface area (Å²) in [4.78, 5) is 14.6. The summed E-state index contributed by atoms with van der Waals surface area (Å²) in [5.41, 5.74) is 3.32. The molecule has 4 heteroatoms. The van der Waals surface area contributed by atoms with Gasteiger partial charge >= 0.3 is 0 Å². The standard InChI is InChI=1S/C21H25ClN2O/c22-20-7-3-2-6-19(20)14-21(25)23-15-17-8-10-18(11-9-17)16-24-12-4-1-5-13-24/h2-3,6-11H,1,4-5,12-16H2,(H,23,25). The molecule has 0 radical (unpaired) electrons. The fourth-order valence-corrected chi connectivity index (χ4v) is 3.42. The zero-order chi connectivity index (χ0) is 17.5. The fraction of sp³-hybridized carbons (Fsp3) is 0.381. The number of hydrogen-bond donors (Lipinski definition) is 1. The number of piperidine rings is 1. The lowest BCUT2D eigenvalue weighted by Crippen LogP contribution is -2.29. The van der Waals surface area contributed by atoms with Gasteiger partial charge in [-0.05, 0) is 48.7 Å². The number of rotatable bonds is 6. The molecule has 1 heterocycles. The van der Waals surface area contributed by atoms with Crippen LogP contribution in [0.4, 0.5) is 0 Å². The Balaban J connectivity index is 1.46. The Kier molecular flexibility index (Phi) is 6.48. The summed E-state index contributed by atoms with van der Waals surface area (Å²) in [5.74, 6) is -0.00880. The van der Waals surface area contributed by atoms with Crippen LogP contribution in [0.25, 0.3) is 0 Å². The van der Waals surface area contributed by atoms with Crippen LogP contribution in [0.3, 0.4) is 0 Å². The summed E-state index contributed by atoms with van der Waals surface area (Å²) in [6.07, 6.45) is 4.31. The first-order chi connectivity index (χ1) is 12.2. The number of nitrogens with zero attached hydrogens (tertiary/aromatic N) is 1. The third kappa shape index (κ3) is 5.58. The number of carbonyl (C=O) groups excluding carboxylic acids is 1. The largest absolute Gasteiger partial charge is 0.352 e. The van der Waals surface area contributed by atoms with Crippen molar-refractivity contribution in [2.45, 2.75) is 38.8 Å². The maximum Gasteiger partial charge on any atom is 0.224 e. The topological polar surface area (TPSA) is 32.3 Å². The smallest absolute Gasteiger partial charge is 0.224 e. The molecule has 0 aromatic heterocycles. The van der Waals surface area contributed by atoms with Gasteiger partial charge in [0.05, 0.1) is 6.42 Å². The van der Waals surface area contributed by atoms with Crippen LogP contribution in [-0.4, -0.2) is 23.9 Å². The molecular weight excluding hydrogens is 332 g/mol. The van der Waals surface area contributed by atoms with E-state index >= 15 is 0 Å². The molecule has 2 aromatic rings. The van der Waals surface area contributed by atoms with Crippen LogP contribution in [0, 0.1) is 0 Å². The summed E-state index contributed by atoms with van der Waals surface area (Å²) in [6.45, 7) is 3.99. The highest BCUT2D eigenvalue weighted by molar-refractivity contribution is 6.31. The van der Waals surface area contributed by atoms with Gasteiger partial charge in [-0.15, -0.1) is 0 Å². The van der Waals surface area contributed by atoms with E-state index in [1.807, 2.05) is 24.3 Å². The summed E-state index contributed by atoms with van der Waals surface area (Å²) in [7, 11) is 0. The number of hydrogen-bond acceptors (Lipinski definition) is 2. The predicted molar refractivity (Wildman–Crippen MR) is 103 cm³/mol. The van der Waals surface area contributed by atoms with Gasteiger partial charge in [0.15, 0.2) is 0 Å². The zero-order valence-corrected chi connectivity index (χ0v) is 15.3. The van der Waals surface area contributed by atoms with Gasteiger partial charge in [-0.1, -0.05) is 60.5 Å². The highest BCUT2D eigenvalue weighted by Gasteiger charge is 2.10. The van der Waals surface area contributed by atoms with Crippen molar-refractivity contribution in [1.82, 2.24) is 10.2 Å². The Morgan fingerprint density at radius 1 is 0.960 bits per heavy atom. The van der Waals surface area contributed by atoms with Gasteiger partial charge in [0.1, 0.15) is 0 Å². The molecule has 1 aliphatic heterocycles. The van der Waals surface area contributed by atoms with Crippen molar-refractivity contribution in [3.05, 3.63) is 70.2 Å². The van der Waals surface area contributed by atoms with Gasteiger partial charge in [-0.2, -0.15) is 0 Å². The molecule has 3 rings (SSSR count). The molecule has 1 fully saturated rings. The van der Waals surface area contributed by atoms with E-state index in [9.17, 15) is 4.79 Å². The second-order valence-corrected chi connectivity index (χ2v) is 7.11. The number of carbonyl (C=O) groups is 1. The molecule has 3 nitrogen and oxygen atoms in total. The van der Waals surface area contributed by atoms with Gasteiger partial charge < -0.3 is 5.32 Å².